The second kappa shape index (κ2) is 8.14. The fourth-order valence-electron chi connectivity index (χ4n) is 5.63. The second-order valence-corrected chi connectivity index (χ2v) is 10.2. The molecule has 35 heavy (non-hydrogen) atoms. The number of piperazine rings is 1. The van der Waals surface area contributed by atoms with Gasteiger partial charge in [0.25, 0.3) is 5.91 Å². The van der Waals surface area contributed by atoms with Crippen LogP contribution in [0.3, 0.4) is 0 Å². The van der Waals surface area contributed by atoms with Gasteiger partial charge in [0.1, 0.15) is 6.54 Å². The summed E-state index contributed by atoms with van der Waals surface area (Å²) >= 11 is 12.5. The average Bonchev–Trinajstić information content (AvgIpc) is 3.25. The molecule has 2 aliphatic rings. The maximum Gasteiger partial charge on any atom is 0.255 e. The van der Waals surface area contributed by atoms with Crippen LogP contribution >= 0.6 is 23.2 Å². The molecule has 1 N–H and O–H groups in total. The lowest BCUT2D eigenvalue weighted by molar-refractivity contribution is -0.166. The van der Waals surface area contributed by atoms with Gasteiger partial charge in [0.05, 0.1) is 5.69 Å². The summed E-state index contributed by atoms with van der Waals surface area (Å²) in [7, 11) is 0. The topological polar surface area (TPSA) is 56.4 Å². The molecule has 6 rings (SSSR count). The Bertz CT molecular complexity index is 1480. The summed E-state index contributed by atoms with van der Waals surface area (Å²) in [5, 5.41) is 2.30. The van der Waals surface area contributed by atoms with Gasteiger partial charge in [-0.1, -0.05) is 71.7 Å². The number of H-pyrrole nitrogens is 1. The quantitative estimate of drug-likeness (QED) is 0.389. The van der Waals surface area contributed by atoms with Crippen LogP contribution in [0.5, 0.6) is 0 Å². The van der Waals surface area contributed by atoms with E-state index in [-0.39, 0.29) is 30.8 Å². The van der Waals surface area contributed by atoms with Crippen LogP contribution in [0.1, 0.15) is 35.2 Å². The number of rotatable bonds is 3. The van der Waals surface area contributed by atoms with E-state index in [1.807, 2.05) is 67.6 Å². The lowest BCUT2D eigenvalue weighted by Gasteiger charge is -2.51. The number of para-hydroxylation sites is 1. The highest BCUT2D eigenvalue weighted by atomic mass is 35.5. The molecule has 1 aromatic heterocycles. The molecular weight excluding hydrogens is 481 g/mol. The maximum atomic E-state index is 14.1. The first-order valence-electron chi connectivity index (χ1n) is 11.6. The van der Waals surface area contributed by atoms with E-state index in [4.69, 9.17) is 23.2 Å². The van der Waals surface area contributed by atoms with Crippen molar-refractivity contribution in [2.45, 2.75) is 24.9 Å². The number of benzene rings is 3. The van der Waals surface area contributed by atoms with Crippen LogP contribution in [0.4, 0.5) is 0 Å². The van der Waals surface area contributed by atoms with Crippen LogP contribution in [0.25, 0.3) is 10.9 Å². The summed E-state index contributed by atoms with van der Waals surface area (Å²) in [4.78, 5) is 34.6. The number of aromatic nitrogens is 1. The minimum absolute atomic E-state index is 0.0164. The average molecular weight is 504 g/mol. The molecule has 0 aliphatic carbocycles. The Kier molecular flexibility index (Phi) is 5.17. The number of halogens is 2. The Morgan fingerprint density at radius 1 is 0.971 bits per heavy atom. The molecule has 0 radical (unpaired) electrons. The van der Waals surface area contributed by atoms with E-state index in [1.165, 1.54) is 0 Å². The lowest BCUT2D eigenvalue weighted by atomic mass is 9.76. The standard InChI is InChI=1S/C28H23Cl2N3O2/c1-28-26-25(20-7-3-5-9-23(20)31-26)21(17-10-12-19(29)13-11-17)15-33(28)24(34)16-32(27(28)35)14-18-6-2-4-8-22(18)30/h2-13,21,31H,14-16H2,1H3. The van der Waals surface area contributed by atoms with Crippen molar-refractivity contribution in [1.82, 2.24) is 14.8 Å². The molecular formula is C28H23Cl2N3O2. The Hall–Kier alpha value is -3.28. The molecule has 176 valence electrons. The van der Waals surface area contributed by atoms with Gasteiger partial charge in [0.2, 0.25) is 5.91 Å². The zero-order valence-corrected chi connectivity index (χ0v) is 20.6. The first-order valence-corrected chi connectivity index (χ1v) is 12.3. The predicted molar refractivity (Wildman–Crippen MR) is 138 cm³/mol. The molecule has 0 spiro atoms. The van der Waals surface area contributed by atoms with Crippen LogP contribution in [0.2, 0.25) is 10.0 Å². The summed E-state index contributed by atoms with van der Waals surface area (Å²) < 4.78 is 0. The largest absolute Gasteiger partial charge is 0.356 e. The van der Waals surface area contributed by atoms with Gasteiger partial charge in [0.15, 0.2) is 5.54 Å². The second-order valence-electron chi connectivity index (χ2n) is 9.39. The summed E-state index contributed by atoms with van der Waals surface area (Å²) in [5.41, 5.74) is 3.51. The van der Waals surface area contributed by atoms with E-state index in [9.17, 15) is 9.59 Å². The minimum atomic E-state index is -1.14. The van der Waals surface area contributed by atoms with Crippen molar-refractivity contribution in [3.63, 3.8) is 0 Å². The number of nitrogens with zero attached hydrogens (tertiary/aromatic N) is 2. The van der Waals surface area contributed by atoms with Crippen molar-refractivity contribution in [2.24, 2.45) is 0 Å². The number of amides is 2. The van der Waals surface area contributed by atoms with Crippen molar-refractivity contribution >= 4 is 45.9 Å². The van der Waals surface area contributed by atoms with E-state index < -0.39 is 5.54 Å². The highest BCUT2D eigenvalue weighted by Crippen LogP contribution is 2.48. The van der Waals surface area contributed by atoms with Gasteiger partial charge in [0, 0.05) is 40.0 Å². The molecule has 5 nitrogen and oxygen atoms in total. The number of fused-ring (bicyclic) bond motifs is 5. The SMILES string of the molecule is CC12C(=O)N(Cc3ccccc3Cl)CC(=O)N1CC(c1ccc(Cl)cc1)c1c2[nH]c2ccccc12. The van der Waals surface area contributed by atoms with Gasteiger partial charge in [-0.25, -0.2) is 0 Å². The number of carbonyl (C=O) groups is 2. The van der Waals surface area contributed by atoms with E-state index in [0.717, 1.165) is 33.3 Å². The summed E-state index contributed by atoms with van der Waals surface area (Å²) in [5.74, 6) is -0.278. The molecule has 1 fully saturated rings. The zero-order chi connectivity index (χ0) is 24.3. The highest BCUT2D eigenvalue weighted by molar-refractivity contribution is 6.31. The third-order valence-corrected chi connectivity index (χ3v) is 8.03. The van der Waals surface area contributed by atoms with Crippen LogP contribution in [0, 0.1) is 0 Å². The first kappa shape index (κ1) is 22.2. The lowest BCUT2D eigenvalue weighted by Crippen LogP contribution is -2.67. The fraction of sp³-hybridized carbons (Fsp3) is 0.214. The third kappa shape index (κ3) is 3.37. The number of carbonyl (C=O) groups excluding carboxylic acids is 2. The first-order chi connectivity index (χ1) is 16.9. The molecule has 2 aliphatic heterocycles. The molecule has 3 heterocycles. The zero-order valence-electron chi connectivity index (χ0n) is 19.1. The number of nitrogens with one attached hydrogen (secondary N) is 1. The summed E-state index contributed by atoms with van der Waals surface area (Å²) in [6.45, 7) is 2.57. The molecule has 3 aromatic carbocycles. The molecule has 0 bridgehead atoms. The molecule has 2 unspecified atom stereocenters. The van der Waals surface area contributed by atoms with Crippen molar-refractivity contribution in [1.29, 1.82) is 0 Å². The highest BCUT2D eigenvalue weighted by Gasteiger charge is 2.56. The summed E-state index contributed by atoms with van der Waals surface area (Å²) in [6, 6.07) is 23.2. The Morgan fingerprint density at radius 2 is 1.69 bits per heavy atom. The number of hydrogen-bond acceptors (Lipinski definition) is 2. The van der Waals surface area contributed by atoms with Crippen molar-refractivity contribution in [3.8, 4) is 0 Å². The maximum absolute atomic E-state index is 14.1. The molecule has 1 saturated heterocycles. The molecule has 0 saturated carbocycles. The Morgan fingerprint density at radius 3 is 2.46 bits per heavy atom. The molecule has 7 heteroatoms. The van der Waals surface area contributed by atoms with Crippen molar-refractivity contribution in [2.75, 3.05) is 13.1 Å². The van der Waals surface area contributed by atoms with Crippen molar-refractivity contribution in [3.05, 3.63) is 105 Å². The Labute approximate surface area is 213 Å². The van der Waals surface area contributed by atoms with Crippen LogP contribution in [0.15, 0.2) is 72.8 Å². The normalized spacial score (nSPS) is 21.9. The minimum Gasteiger partial charge on any atom is -0.356 e. The van der Waals surface area contributed by atoms with Gasteiger partial charge < -0.3 is 14.8 Å². The van der Waals surface area contributed by atoms with Gasteiger partial charge in [-0.05, 0) is 47.9 Å². The fourth-order valence-corrected chi connectivity index (χ4v) is 5.95. The summed E-state index contributed by atoms with van der Waals surface area (Å²) in [6.07, 6.45) is 0. The monoisotopic (exact) mass is 503 g/mol. The van der Waals surface area contributed by atoms with Crippen LogP contribution in [-0.4, -0.2) is 39.7 Å². The third-order valence-electron chi connectivity index (χ3n) is 7.41. The van der Waals surface area contributed by atoms with Crippen LogP contribution < -0.4 is 0 Å². The van der Waals surface area contributed by atoms with Gasteiger partial charge >= 0.3 is 0 Å². The van der Waals surface area contributed by atoms with Gasteiger partial charge in [-0.3, -0.25) is 9.59 Å². The van der Waals surface area contributed by atoms with Crippen molar-refractivity contribution < 1.29 is 9.59 Å². The van der Waals surface area contributed by atoms with Crippen LogP contribution in [-0.2, 0) is 21.7 Å². The van der Waals surface area contributed by atoms with Gasteiger partial charge in [-0.2, -0.15) is 0 Å². The number of hydrogen-bond donors (Lipinski definition) is 1. The van der Waals surface area contributed by atoms with E-state index in [1.54, 1.807) is 15.9 Å². The van der Waals surface area contributed by atoms with E-state index in [2.05, 4.69) is 11.1 Å². The Balaban J connectivity index is 1.51. The van der Waals surface area contributed by atoms with E-state index >= 15 is 0 Å². The van der Waals surface area contributed by atoms with Gasteiger partial charge in [-0.15, -0.1) is 0 Å². The predicted octanol–water partition coefficient (Wildman–Crippen LogP) is 5.71. The van der Waals surface area contributed by atoms with E-state index in [0.29, 0.717) is 16.6 Å². The smallest absolute Gasteiger partial charge is 0.255 e. The number of aromatic amines is 1. The molecule has 4 aromatic rings. The molecule has 2 amide bonds. The molecule has 2 atom stereocenters.